The highest BCUT2D eigenvalue weighted by atomic mass is 14.3. The second kappa shape index (κ2) is 7.36. The third-order valence-corrected chi connectivity index (χ3v) is 4.98. The lowest BCUT2D eigenvalue weighted by Crippen LogP contribution is -2.17. The normalized spacial score (nSPS) is 28.2. The minimum Gasteiger partial charge on any atom is -0.0679 e. The molecule has 0 saturated carbocycles. The molecule has 0 nitrogen and oxygen atoms in total. The Kier molecular flexibility index (Phi) is 6.46. The van der Waals surface area contributed by atoms with Crippen molar-refractivity contribution in [3.8, 4) is 0 Å². The molecule has 0 spiro atoms. The van der Waals surface area contributed by atoms with Crippen molar-refractivity contribution in [3.05, 3.63) is 11.1 Å². The smallest absolute Gasteiger partial charge is 0.0206 e. The largest absolute Gasteiger partial charge is 0.0679 e. The van der Waals surface area contributed by atoms with E-state index >= 15 is 0 Å². The summed E-state index contributed by atoms with van der Waals surface area (Å²) in [4.78, 5) is 0. The topological polar surface area (TPSA) is 0 Å². The van der Waals surface area contributed by atoms with E-state index in [1.165, 1.54) is 38.5 Å². The Balaban J connectivity index is 3.02. The first-order valence-corrected chi connectivity index (χ1v) is 8.19. The Bertz CT molecular complexity index is 272. The molecule has 18 heavy (non-hydrogen) atoms. The molecule has 0 aromatic carbocycles. The third kappa shape index (κ3) is 4.14. The molecule has 0 amide bonds. The molecule has 0 N–H and O–H groups in total. The van der Waals surface area contributed by atoms with Crippen LogP contribution in [0, 0.1) is 23.7 Å². The van der Waals surface area contributed by atoms with Crippen molar-refractivity contribution in [2.45, 2.75) is 80.1 Å². The first-order valence-electron chi connectivity index (χ1n) is 8.19. The van der Waals surface area contributed by atoms with E-state index in [-0.39, 0.29) is 0 Å². The van der Waals surface area contributed by atoms with Gasteiger partial charge in [0.15, 0.2) is 0 Å². The molecular weight excluding hydrogens is 216 g/mol. The summed E-state index contributed by atoms with van der Waals surface area (Å²) in [5.41, 5.74) is 3.65. The van der Waals surface area contributed by atoms with Gasteiger partial charge in [0.2, 0.25) is 0 Å². The van der Waals surface area contributed by atoms with Gasteiger partial charge in [-0.25, -0.2) is 0 Å². The highest BCUT2D eigenvalue weighted by Crippen LogP contribution is 2.38. The summed E-state index contributed by atoms with van der Waals surface area (Å²) in [6.45, 7) is 14.5. The summed E-state index contributed by atoms with van der Waals surface area (Å²) in [6.07, 6.45) is 8.25. The number of rotatable bonds is 4. The lowest BCUT2D eigenvalue weighted by molar-refractivity contribution is 0.370. The van der Waals surface area contributed by atoms with Gasteiger partial charge < -0.3 is 0 Å². The zero-order valence-electron chi connectivity index (χ0n) is 13.6. The first-order chi connectivity index (χ1) is 8.47. The molecule has 1 aliphatic rings. The fourth-order valence-corrected chi connectivity index (χ4v) is 3.58. The Morgan fingerprint density at radius 2 is 1.83 bits per heavy atom. The van der Waals surface area contributed by atoms with Crippen LogP contribution in [0.4, 0.5) is 0 Å². The summed E-state index contributed by atoms with van der Waals surface area (Å²) >= 11 is 0. The monoisotopic (exact) mass is 250 g/mol. The van der Waals surface area contributed by atoms with Crippen LogP contribution in [0.2, 0.25) is 0 Å². The van der Waals surface area contributed by atoms with Crippen molar-refractivity contribution in [3.63, 3.8) is 0 Å². The van der Waals surface area contributed by atoms with E-state index in [1.807, 2.05) is 11.1 Å². The van der Waals surface area contributed by atoms with E-state index in [4.69, 9.17) is 0 Å². The summed E-state index contributed by atoms with van der Waals surface area (Å²) in [7, 11) is 0. The average Bonchev–Trinajstić information content (AvgIpc) is 2.29. The van der Waals surface area contributed by atoms with Gasteiger partial charge in [0.25, 0.3) is 0 Å². The van der Waals surface area contributed by atoms with Crippen molar-refractivity contribution < 1.29 is 0 Å². The van der Waals surface area contributed by atoms with Crippen LogP contribution in [0.3, 0.4) is 0 Å². The maximum Gasteiger partial charge on any atom is -0.0206 e. The van der Waals surface area contributed by atoms with Gasteiger partial charge in [-0.05, 0) is 49.4 Å². The fourth-order valence-electron chi connectivity index (χ4n) is 3.58. The molecule has 1 aliphatic carbocycles. The molecule has 3 unspecified atom stereocenters. The molecular formula is C18H34. The quantitative estimate of drug-likeness (QED) is 0.519. The SMILES string of the molecule is CCCC1=C(C(C)C(C)C)CCCC(C)CC1C. The zero-order chi connectivity index (χ0) is 13.7. The van der Waals surface area contributed by atoms with E-state index in [0.717, 1.165) is 23.7 Å². The van der Waals surface area contributed by atoms with Gasteiger partial charge in [0, 0.05) is 0 Å². The maximum absolute atomic E-state index is 2.47. The van der Waals surface area contributed by atoms with Gasteiger partial charge in [-0.3, -0.25) is 0 Å². The molecule has 0 fully saturated rings. The van der Waals surface area contributed by atoms with Gasteiger partial charge in [-0.15, -0.1) is 0 Å². The minimum atomic E-state index is 0.780. The van der Waals surface area contributed by atoms with Crippen LogP contribution in [0.15, 0.2) is 11.1 Å². The zero-order valence-corrected chi connectivity index (χ0v) is 13.6. The van der Waals surface area contributed by atoms with Crippen molar-refractivity contribution in [2.24, 2.45) is 23.7 Å². The van der Waals surface area contributed by atoms with Crippen LogP contribution in [0.25, 0.3) is 0 Å². The minimum absolute atomic E-state index is 0.780. The molecule has 106 valence electrons. The van der Waals surface area contributed by atoms with Crippen LogP contribution < -0.4 is 0 Å². The molecule has 0 aromatic rings. The molecule has 0 bridgehead atoms. The summed E-state index contributed by atoms with van der Waals surface area (Å²) < 4.78 is 0. The van der Waals surface area contributed by atoms with Gasteiger partial charge >= 0.3 is 0 Å². The summed E-state index contributed by atoms with van der Waals surface area (Å²) in [5.74, 6) is 3.30. The molecule has 1 rings (SSSR count). The standard InChI is InChI=1S/C18H34/c1-7-9-17-15(5)12-14(4)10-8-11-18(17)16(6)13(2)3/h13-16H,7-12H2,1-6H3. The van der Waals surface area contributed by atoms with Crippen LogP contribution in [-0.4, -0.2) is 0 Å². The van der Waals surface area contributed by atoms with E-state index in [0.29, 0.717) is 0 Å². The Morgan fingerprint density at radius 3 is 2.39 bits per heavy atom. The van der Waals surface area contributed by atoms with Crippen molar-refractivity contribution >= 4 is 0 Å². The fraction of sp³-hybridized carbons (Fsp3) is 0.889. The van der Waals surface area contributed by atoms with Crippen molar-refractivity contribution in [1.82, 2.24) is 0 Å². The van der Waals surface area contributed by atoms with Gasteiger partial charge in [-0.2, -0.15) is 0 Å². The van der Waals surface area contributed by atoms with Crippen LogP contribution >= 0.6 is 0 Å². The van der Waals surface area contributed by atoms with Crippen molar-refractivity contribution in [2.75, 3.05) is 0 Å². The number of hydrogen-bond donors (Lipinski definition) is 0. The average molecular weight is 250 g/mol. The predicted octanol–water partition coefficient (Wildman–Crippen LogP) is 6.22. The van der Waals surface area contributed by atoms with E-state index in [2.05, 4.69) is 41.5 Å². The lowest BCUT2D eigenvalue weighted by atomic mass is 9.75. The van der Waals surface area contributed by atoms with E-state index < -0.39 is 0 Å². The van der Waals surface area contributed by atoms with Crippen molar-refractivity contribution in [1.29, 1.82) is 0 Å². The first kappa shape index (κ1) is 15.8. The van der Waals surface area contributed by atoms with Crippen LogP contribution in [0.1, 0.15) is 80.1 Å². The molecule has 0 saturated heterocycles. The van der Waals surface area contributed by atoms with Gasteiger partial charge in [-0.1, -0.05) is 65.5 Å². The Hall–Kier alpha value is -0.260. The van der Waals surface area contributed by atoms with E-state index in [1.54, 1.807) is 0 Å². The molecule has 0 heterocycles. The highest BCUT2D eigenvalue weighted by Gasteiger charge is 2.23. The second-order valence-electron chi connectivity index (χ2n) is 6.97. The van der Waals surface area contributed by atoms with Crippen LogP contribution in [-0.2, 0) is 0 Å². The third-order valence-electron chi connectivity index (χ3n) is 4.98. The Labute approximate surface area is 115 Å². The Morgan fingerprint density at radius 1 is 1.17 bits per heavy atom. The van der Waals surface area contributed by atoms with E-state index in [9.17, 15) is 0 Å². The van der Waals surface area contributed by atoms with Gasteiger partial charge in [0.05, 0.1) is 0 Å². The van der Waals surface area contributed by atoms with Crippen LogP contribution in [0.5, 0.6) is 0 Å². The highest BCUT2D eigenvalue weighted by molar-refractivity contribution is 5.20. The molecule has 0 aliphatic heterocycles. The van der Waals surface area contributed by atoms with Gasteiger partial charge in [0.1, 0.15) is 0 Å². The second-order valence-corrected chi connectivity index (χ2v) is 6.97. The molecule has 0 radical (unpaired) electrons. The molecule has 0 heteroatoms. The maximum atomic E-state index is 2.47. The number of allylic oxidation sites excluding steroid dienone is 2. The number of hydrogen-bond acceptors (Lipinski definition) is 0. The predicted molar refractivity (Wildman–Crippen MR) is 82.7 cm³/mol. The lowest BCUT2D eigenvalue weighted by Gasteiger charge is -2.31. The molecule has 0 aromatic heterocycles. The molecule has 3 atom stereocenters. The summed E-state index contributed by atoms with van der Waals surface area (Å²) in [6, 6.07) is 0. The summed E-state index contributed by atoms with van der Waals surface area (Å²) in [5, 5.41) is 0.